The maximum atomic E-state index is 11.7. The van der Waals surface area contributed by atoms with Crippen molar-refractivity contribution in [2.24, 2.45) is 0 Å². The smallest absolute Gasteiger partial charge is 0.545 e. The molecular formula is C19H19KO3. The molecule has 0 aromatic heterocycles. The van der Waals surface area contributed by atoms with Gasteiger partial charge in [0.25, 0.3) is 0 Å². The number of hydrogen-bond acceptors (Lipinski definition) is 3. The number of aromatic carboxylic acids is 1. The van der Waals surface area contributed by atoms with E-state index in [-0.39, 0.29) is 51.4 Å². The average molecular weight is 334 g/mol. The fourth-order valence-electron chi connectivity index (χ4n) is 3.03. The summed E-state index contributed by atoms with van der Waals surface area (Å²) in [7, 11) is 0. The number of carbonyl (C=O) groups is 1. The molecule has 0 atom stereocenters. The van der Waals surface area contributed by atoms with E-state index in [4.69, 9.17) is 4.74 Å². The van der Waals surface area contributed by atoms with Crippen molar-refractivity contribution in [3.05, 3.63) is 58.7 Å². The number of unbranched alkanes of at least 4 members (excludes halogenated alkanes) is 2. The summed E-state index contributed by atoms with van der Waals surface area (Å²) in [6.07, 6.45) is 4.56. The van der Waals surface area contributed by atoms with Crippen LogP contribution in [0.25, 0.3) is 0 Å². The maximum Gasteiger partial charge on any atom is 1.00 e. The minimum Gasteiger partial charge on any atom is -0.545 e. The molecule has 2 aromatic carbocycles. The molecule has 1 aliphatic rings. The van der Waals surface area contributed by atoms with Crippen LogP contribution in [-0.4, -0.2) is 5.97 Å². The van der Waals surface area contributed by atoms with Gasteiger partial charge >= 0.3 is 51.4 Å². The number of para-hydroxylation sites is 1. The van der Waals surface area contributed by atoms with Gasteiger partial charge in [-0.1, -0.05) is 44.0 Å². The van der Waals surface area contributed by atoms with Crippen LogP contribution in [0.2, 0.25) is 0 Å². The third kappa shape index (κ3) is 4.06. The van der Waals surface area contributed by atoms with Crippen molar-refractivity contribution in [2.75, 3.05) is 0 Å². The van der Waals surface area contributed by atoms with Crippen molar-refractivity contribution in [2.45, 2.75) is 39.0 Å². The zero-order valence-corrected chi connectivity index (χ0v) is 16.8. The van der Waals surface area contributed by atoms with E-state index in [2.05, 4.69) is 6.92 Å². The number of rotatable bonds is 5. The van der Waals surface area contributed by atoms with Crippen LogP contribution in [0.5, 0.6) is 11.5 Å². The number of benzene rings is 2. The van der Waals surface area contributed by atoms with E-state index in [0.717, 1.165) is 48.1 Å². The summed E-state index contributed by atoms with van der Waals surface area (Å²) in [5.41, 5.74) is 2.94. The van der Waals surface area contributed by atoms with E-state index in [0.29, 0.717) is 17.7 Å². The van der Waals surface area contributed by atoms with Gasteiger partial charge in [0, 0.05) is 17.5 Å². The third-order valence-electron chi connectivity index (χ3n) is 4.17. The van der Waals surface area contributed by atoms with Crippen LogP contribution >= 0.6 is 0 Å². The Morgan fingerprint density at radius 3 is 2.65 bits per heavy atom. The Morgan fingerprint density at radius 2 is 1.91 bits per heavy atom. The van der Waals surface area contributed by atoms with Crippen LogP contribution in [0, 0.1) is 0 Å². The van der Waals surface area contributed by atoms with Gasteiger partial charge in [-0.2, -0.15) is 0 Å². The molecule has 0 amide bonds. The quantitative estimate of drug-likeness (QED) is 0.504. The minimum absolute atomic E-state index is 0. The van der Waals surface area contributed by atoms with E-state index >= 15 is 0 Å². The summed E-state index contributed by atoms with van der Waals surface area (Å²) >= 11 is 0. The van der Waals surface area contributed by atoms with E-state index in [1.165, 1.54) is 0 Å². The zero-order valence-electron chi connectivity index (χ0n) is 13.7. The Kier molecular flexibility index (Phi) is 6.86. The van der Waals surface area contributed by atoms with Crippen molar-refractivity contribution in [3.8, 4) is 11.5 Å². The second-order valence-electron chi connectivity index (χ2n) is 5.71. The summed E-state index contributed by atoms with van der Waals surface area (Å²) in [6.45, 7) is 2.14. The molecule has 1 heterocycles. The molecule has 1 aliphatic heterocycles. The van der Waals surface area contributed by atoms with Crippen LogP contribution in [0.15, 0.2) is 36.4 Å². The van der Waals surface area contributed by atoms with Crippen LogP contribution in [0.3, 0.4) is 0 Å². The van der Waals surface area contributed by atoms with Gasteiger partial charge in [-0.3, -0.25) is 0 Å². The minimum atomic E-state index is -1.11. The molecular weight excluding hydrogens is 315 g/mol. The van der Waals surface area contributed by atoms with Crippen molar-refractivity contribution in [1.29, 1.82) is 0 Å². The molecule has 2 aromatic rings. The van der Waals surface area contributed by atoms with Crippen LogP contribution in [-0.2, 0) is 12.8 Å². The van der Waals surface area contributed by atoms with E-state index in [1.54, 1.807) is 0 Å². The zero-order chi connectivity index (χ0) is 15.5. The standard InChI is InChI=1S/C19H20O3.K/c1-2-3-4-7-13-10-11-17-15(18(13)19(20)21)12-14-8-5-6-9-16(14)22-17;/h5-6,8-11H,2-4,7,12H2,1H3,(H,20,21);/q;+1/p-1. The molecule has 4 heteroatoms. The largest absolute Gasteiger partial charge is 1.00 e. The first-order valence-corrected chi connectivity index (χ1v) is 7.82. The number of ether oxygens (including phenoxy) is 1. The van der Waals surface area contributed by atoms with Crippen molar-refractivity contribution in [1.82, 2.24) is 0 Å². The van der Waals surface area contributed by atoms with Gasteiger partial charge in [0.15, 0.2) is 0 Å². The van der Waals surface area contributed by atoms with Gasteiger partial charge in [0.2, 0.25) is 0 Å². The van der Waals surface area contributed by atoms with Crippen LogP contribution in [0.4, 0.5) is 0 Å². The molecule has 23 heavy (non-hydrogen) atoms. The summed E-state index contributed by atoms with van der Waals surface area (Å²) in [4.78, 5) is 11.7. The number of carboxylic acid groups (broad SMARTS) is 1. The summed E-state index contributed by atoms with van der Waals surface area (Å²) < 4.78 is 5.86. The molecule has 3 nitrogen and oxygen atoms in total. The van der Waals surface area contributed by atoms with Crippen LogP contribution in [0.1, 0.15) is 53.2 Å². The van der Waals surface area contributed by atoms with E-state index < -0.39 is 5.97 Å². The second kappa shape index (κ2) is 8.45. The number of hydrogen-bond donors (Lipinski definition) is 0. The molecule has 3 rings (SSSR count). The normalized spacial score (nSPS) is 11.7. The Labute approximate surface area is 179 Å². The van der Waals surface area contributed by atoms with Gasteiger partial charge in [0.05, 0.1) is 5.97 Å². The third-order valence-corrected chi connectivity index (χ3v) is 4.17. The molecule has 0 saturated carbocycles. The Bertz CT molecular complexity index is 710. The molecule has 0 fully saturated rings. The van der Waals surface area contributed by atoms with E-state index in [9.17, 15) is 9.90 Å². The number of aryl methyl sites for hydroxylation is 1. The SMILES string of the molecule is CCCCCc1ccc2c(c1C(=O)[O-])Cc1ccccc1O2.[K+]. The maximum absolute atomic E-state index is 11.7. The second-order valence-corrected chi connectivity index (χ2v) is 5.71. The van der Waals surface area contributed by atoms with Gasteiger partial charge < -0.3 is 14.6 Å². The number of carbonyl (C=O) groups excluding carboxylic acids is 1. The molecule has 0 saturated heterocycles. The topological polar surface area (TPSA) is 49.4 Å². The first-order chi connectivity index (χ1) is 10.7. The summed E-state index contributed by atoms with van der Waals surface area (Å²) in [5, 5.41) is 11.7. The fraction of sp³-hybridized carbons (Fsp3) is 0.316. The molecule has 0 aliphatic carbocycles. The fourth-order valence-corrected chi connectivity index (χ4v) is 3.03. The summed E-state index contributed by atoms with van der Waals surface area (Å²) in [5.74, 6) is 0.335. The Morgan fingerprint density at radius 1 is 1.13 bits per heavy atom. The van der Waals surface area contributed by atoms with Crippen LogP contribution < -0.4 is 61.2 Å². The summed E-state index contributed by atoms with van der Waals surface area (Å²) in [6, 6.07) is 11.5. The first kappa shape index (κ1) is 18.7. The predicted molar refractivity (Wildman–Crippen MR) is 83.3 cm³/mol. The molecule has 0 unspecified atom stereocenters. The Balaban J connectivity index is 0.00000192. The molecule has 0 radical (unpaired) electrons. The number of carboxylic acids is 1. The predicted octanol–water partition coefficient (Wildman–Crippen LogP) is 0.483. The molecule has 0 bridgehead atoms. The van der Waals surface area contributed by atoms with Crippen molar-refractivity contribution >= 4 is 5.97 Å². The van der Waals surface area contributed by atoms with E-state index in [1.807, 2.05) is 36.4 Å². The van der Waals surface area contributed by atoms with Gasteiger partial charge in [0.1, 0.15) is 11.5 Å². The molecule has 0 N–H and O–H groups in total. The van der Waals surface area contributed by atoms with Gasteiger partial charge in [-0.15, -0.1) is 0 Å². The molecule has 0 spiro atoms. The Hall–Kier alpha value is -0.654. The van der Waals surface area contributed by atoms with Crippen molar-refractivity contribution < 1.29 is 66.0 Å². The van der Waals surface area contributed by atoms with Gasteiger partial charge in [-0.25, -0.2) is 0 Å². The first-order valence-electron chi connectivity index (χ1n) is 7.82. The van der Waals surface area contributed by atoms with Gasteiger partial charge in [-0.05, 0) is 36.1 Å². The number of fused-ring (bicyclic) bond motifs is 2. The monoisotopic (exact) mass is 334 g/mol. The molecule has 114 valence electrons. The van der Waals surface area contributed by atoms with Crippen molar-refractivity contribution in [3.63, 3.8) is 0 Å². The average Bonchev–Trinajstić information content (AvgIpc) is 2.52.